The molecule has 0 amide bonds. The van der Waals surface area contributed by atoms with Gasteiger partial charge >= 0.3 is 0 Å². The summed E-state index contributed by atoms with van der Waals surface area (Å²) in [5.74, 6) is 1.67. The average molecular weight is 326 g/mol. The van der Waals surface area contributed by atoms with Gasteiger partial charge in [0.15, 0.2) is 5.76 Å². The first-order chi connectivity index (χ1) is 11.8. The van der Waals surface area contributed by atoms with Crippen LogP contribution in [0, 0.1) is 6.92 Å². The van der Waals surface area contributed by atoms with Crippen LogP contribution in [0.1, 0.15) is 42.7 Å². The number of hydrogen-bond acceptors (Lipinski definition) is 4. The highest BCUT2D eigenvalue weighted by Gasteiger charge is 2.09. The van der Waals surface area contributed by atoms with Crippen molar-refractivity contribution in [2.24, 2.45) is 0 Å². The molecule has 0 atom stereocenters. The highest BCUT2D eigenvalue weighted by Crippen LogP contribution is 2.21. The van der Waals surface area contributed by atoms with Gasteiger partial charge in [-0.3, -0.25) is 4.90 Å². The molecule has 1 aromatic heterocycles. The van der Waals surface area contributed by atoms with Crippen LogP contribution < -0.4 is 4.74 Å². The first kappa shape index (κ1) is 16.8. The van der Waals surface area contributed by atoms with Crippen molar-refractivity contribution < 1.29 is 9.26 Å². The zero-order chi connectivity index (χ0) is 16.6. The zero-order valence-corrected chi connectivity index (χ0v) is 14.4. The van der Waals surface area contributed by atoms with E-state index in [1.807, 2.05) is 43.3 Å². The van der Waals surface area contributed by atoms with Crippen molar-refractivity contribution in [1.82, 2.24) is 10.1 Å². The molecule has 0 spiro atoms. The number of hydrogen-bond donors (Lipinski definition) is 0. The van der Waals surface area contributed by atoms with Crippen molar-refractivity contribution >= 4 is 12.2 Å². The van der Waals surface area contributed by atoms with Gasteiger partial charge in [0.05, 0.1) is 5.69 Å². The van der Waals surface area contributed by atoms with Crippen molar-refractivity contribution in [3.05, 3.63) is 47.3 Å². The summed E-state index contributed by atoms with van der Waals surface area (Å²) in [5, 5.41) is 3.90. The maximum absolute atomic E-state index is 6.04. The highest BCUT2D eigenvalue weighted by molar-refractivity contribution is 5.70. The lowest BCUT2D eigenvalue weighted by atomic mass is 10.2. The number of para-hydroxylation sites is 1. The van der Waals surface area contributed by atoms with Crippen LogP contribution in [0.4, 0.5) is 0 Å². The summed E-state index contributed by atoms with van der Waals surface area (Å²) in [6.45, 7) is 6.05. The van der Waals surface area contributed by atoms with Crippen LogP contribution in [-0.4, -0.2) is 36.3 Å². The summed E-state index contributed by atoms with van der Waals surface area (Å²) < 4.78 is 11.2. The molecule has 1 aromatic carbocycles. The molecule has 2 heterocycles. The number of likely N-dealkylation sites (tertiary alicyclic amines) is 1. The van der Waals surface area contributed by atoms with Crippen LogP contribution in [-0.2, 0) is 0 Å². The van der Waals surface area contributed by atoms with Gasteiger partial charge in [0.25, 0.3) is 0 Å². The van der Waals surface area contributed by atoms with E-state index in [1.165, 1.54) is 38.8 Å². The van der Waals surface area contributed by atoms with E-state index >= 15 is 0 Å². The lowest BCUT2D eigenvalue weighted by Gasteiger charge is -2.20. The fraction of sp³-hybridized carbons (Fsp3) is 0.450. The molecule has 4 nitrogen and oxygen atoms in total. The molecule has 0 unspecified atom stereocenters. The first-order valence-corrected chi connectivity index (χ1v) is 8.87. The van der Waals surface area contributed by atoms with Gasteiger partial charge in [-0.2, -0.15) is 0 Å². The topological polar surface area (TPSA) is 38.5 Å². The minimum absolute atomic E-state index is 0.728. The van der Waals surface area contributed by atoms with Crippen LogP contribution in [0.2, 0.25) is 0 Å². The van der Waals surface area contributed by atoms with E-state index in [9.17, 15) is 0 Å². The molecule has 0 radical (unpaired) electrons. The van der Waals surface area contributed by atoms with Crippen LogP contribution in [0.3, 0.4) is 0 Å². The minimum Gasteiger partial charge on any atom is -0.492 e. The van der Waals surface area contributed by atoms with Gasteiger partial charge in [0.2, 0.25) is 0 Å². The molecule has 128 valence electrons. The molecule has 4 heteroatoms. The molecule has 1 aliphatic heterocycles. The van der Waals surface area contributed by atoms with Gasteiger partial charge in [0.1, 0.15) is 12.4 Å². The Morgan fingerprint density at radius 3 is 2.67 bits per heavy atom. The Morgan fingerprint density at radius 1 is 1.12 bits per heavy atom. The van der Waals surface area contributed by atoms with Gasteiger partial charge in [-0.1, -0.05) is 36.2 Å². The van der Waals surface area contributed by atoms with Crippen LogP contribution in [0.25, 0.3) is 12.2 Å². The second kappa shape index (κ2) is 8.69. The van der Waals surface area contributed by atoms with Gasteiger partial charge in [-0.25, -0.2) is 0 Å². The standard InChI is InChI=1S/C20H26N2O2/c1-17-16-19(24-21-17)11-10-18-8-4-5-9-20(18)23-15-14-22-12-6-2-3-7-13-22/h4-5,8-11,16H,2-3,6-7,12-15H2,1H3/b11-10+. The lowest BCUT2D eigenvalue weighted by molar-refractivity contribution is 0.214. The predicted molar refractivity (Wildman–Crippen MR) is 97.0 cm³/mol. The van der Waals surface area contributed by atoms with E-state index in [2.05, 4.69) is 16.1 Å². The van der Waals surface area contributed by atoms with E-state index in [4.69, 9.17) is 9.26 Å². The minimum atomic E-state index is 0.728. The van der Waals surface area contributed by atoms with E-state index < -0.39 is 0 Å². The van der Waals surface area contributed by atoms with E-state index in [-0.39, 0.29) is 0 Å². The second-order valence-corrected chi connectivity index (χ2v) is 6.35. The van der Waals surface area contributed by atoms with Gasteiger partial charge in [0, 0.05) is 18.2 Å². The Balaban J connectivity index is 1.56. The largest absolute Gasteiger partial charge is 0.492 e. The molecule has 0 N–H and O–H groups in total. The summed E-state index contributed by atoms with van der Waals surface area (Å²) in [5.41, 5.74) is 1.94. The van der Waals surface area contributed by atoms with E-state index in [0.717, 1.165) is 35.9 Å². The smallest absolute Gasteiger partial charge is 0.159 e. The van der Waals surface area contributed by atoms with Gasteiger partial charge < -0.3 is 9.26 Å². The Kier molecular flexibility index (Phi) is 6.07. The molecule has 0 saturated carbocycles. The summed E-state index contributed by atoms with van der Waals surface area (Å²) in [6, 6.07) is 10.0. The number of aryl methyl sites for hydroxylation is 1. The Hall–Kier alpha value is -2.07. The molecule has 3 rings (SSSR count). The third-order valence-electron chi connectivity index (χ3n) is 4.36. The Labute approximate surface area is 144 Å². The fourth-order valence-electron chi connectivity index (χ4n) is 3.03. The predicted octanol–water partition coefficient (Wildman–Crippen LogP) is 4.41. The number of benzene rings is 1. The lowest BCUT2D eigenvalue weighted by Crippen LogP contribution is -2.29. The SMILES string of the molecule is Cc1cc(/C=C/c2ccccc2OCCN2CCCCCC2)on1. The molecule has 0 bridgehead atoms. The van der Waals surface area contributed by atoms with Crippen molar-refractivity contribution in [3.63, 3.8) is 0 Å². The number of rotatable bonds is 6. The van der Waals surface area contributed by atoms with Crippen molar-refractivity contribution in [2.75, 3.05) is 26.2 Å². The quantitative estimate of drug-likeness (QED) is 0.788. The monoisotopic (exact) mass is 326 g/mol. The second-order valence-electron chi connectivity index (χ2n) is 6.35. The van der Waals surface area contributed by atoms with Crippen LogP contribution in [0.5, 0.6) is 5.75 Å². The van der Waals surface area contributed by atoms with Crippen LogP contribution >= 0.6 is 0 Å². The molecule has 1 aliphatic rings. The molecular formula is C20H26N2O2. The molecule has 2 aromatic rings. The zero-order valence-electron chi connectivity index (χ0n) is 14.4. The molecule has 1 saturated heterocycles. The summed E-state index contributed by atoms with van der Waals surface area (Å²) in [6.07, 6.45) is 9.31. The number of nitrogens with zero attached hydrogens (tertiary/aromatic N) is 2. The molecule has 24 heavy (non-hydrogen) atoms. The maximum atomic E-state index is 6.04. The fourth-order valence-corrected chi connectivity index (χ4v) is 3.03. The van der Waals surface area contributed by atoms with Gasteiger partial charge in [-0.15, -0.1) is 0 Å². The molecule has 0 aliphatic carbocycles. The Morgan fingerprint density at radius 2 is 1.92 bits per heavy atom. The summed E-state index contributed by atoms with van der Waals surface area (Å²) in [4.78, 5) is 2.52. The van der Waals surface area contributed by atoms with Crippen molar-refractivity contribution in [3.8, 4) is 5.75 Å². The summed E-state index contributed by atoms with van der Waals surface area (Å²) >= 11 is 0. The third kappa shape index (κ3) is 4.96. The first-order valence-electron chi connectivity index (χ1n) is 8.87. The number of aromatic nitrogens is 1. The summed E-state index contributed by atoms with van der Waals surface area (Å²) in [7, 11) is 0. The van der Waals surface area contributed by atoms with Crippen molar-refractivity contribution in [1.29, 1.82) is 0 Å². The van der Waals surface area contributed by atoms with E-state index in [0.29, 0.717) is 0 Å². The number of ether oxygens (including phenoxy) is 1. The highest BCUT2D eigenvalue weighted by atomic mass is 16.5. The van der Waals surface area contributed by atoms with E-state index in [1.54, 1.807) is 0 Å². The normalized spacial score (nSPS) is 16.4. The van der Waals surface area contributed by atoms with Crippen molar-refractivity contribution in [2.45, 2.75) is 32.6 Å². The van der Waals surface area contributed by atoms with Gasteiger partial charge in [-0.05, 0) is 51.1 Å². The molecule has 1 fully saturated rings. The van der Waals surface area contributed by atoms with Crippen LogP contribution in [0.15, 0.2) is 34.9 Å². The Bertz CT molecular complexity index is 655. The average Bonchev–Trinajstić information content (AvgIpc) is 2.84. The maximum Gasteiger partial charge on any atom is 0.159 e. The molecular weight excluding hydrogens is 300 g/mol. The third-order valence-corrected chi connectivity index (χ3v) is 4.36.